The van der Waals surface area contributed by atoms with Gasteiger partial charge < -0.3 is 18.8 Å². The summed E-state index contributed by atoms with van der Waals surface area (Å²) in [4.78, 5) is 27.7. The van der Waals surface area contributed by atoms with Crippen molar-refractivity contribution in [2.24, 2.45) is 5.92 Å². The maximum Gasteiger partial charge on any atom is 0.379 e. The average molecular weight is 395 g/mol. The number of benzene rings is 1. The second-order valence-electron chi connectivity index (χ2n) is 8.53. The summed E-state index contributed by atoms with van der Waals surface area (Å²) in [6, 6.07) is 7.37. The van der Waals surface area contributed by atoms with Crippen LogP contribution >= 0.6 is 0 Å². The minimum atomic E-state index is -0.569. The van der Waals surface area contributed by atoms with Gasteiger partial charge >= 0.3 is 5.97 Å². The third kappa shape index (κ3) is 2.45. The first-order valence-electron chi connectivity index (χ1n) is 10.2. The molecule has 152 valence electrons. The molecule has 6 heteroatoms. The van der Waals surface area contributed by atoms with Crippen molar-refractivity contribution < 1.29 is 23.5 Å². The summed E-state index contributed by atoms with van der Waals surface area (Å²) in [6.45, 7) is 2.14. The SMILES string of the molecule is CC[C@]12c3c4ccc(OC(=O)c5ccco5)c3O[C@H]1C(=O)CCC2[C@H](N(C)C)C4. The summed E-state index contributed by atoms with van der Waals surface area (Å²) in [6.07, 6.45) is 4.04. The Morgan fingerprint density at radius 3 is 2.83 bits per heavy atom. The molecule has 1 saturated carbocycles. The molecule has 1 aliphatic heterocycles. The first-order chi connectivity index (χ1) is 14.0. The predicted octanol–water partition coefficient (Wildman–Crippen LogP) is 3.37. The lowest BCUT2D eigenvalue weighted by molar-refractivity contribution is -0.135. The number of Topliss-reactive ketones (excluding diaryl/α,β-unsaturated/α-hetero) is 1. The van der Waals surface area contributed by atoms with Crippen molar-refractivity contribution in [2.45, 2.75) is 50.2 Å². The van der Waals surface area contributed by atoms with Crippen LogP contribution in [0.4, 0.5) is 0 Å². The standard InChI is InChI=1S/C23H25NO5/c1-4-23-14-8-9-16(25)21(23)29-20-17(28-22(26)18-6-5-11-27-18)10-7-13(19(20)23)12-15(14)24(2)3/h5-7,10-11,14-15,21H,4,8-9,12H2,1-3H3/t14?,15-,21+,23+/m1/s1. The van der Waals surface area contributed by atoms with Crippen molar-refractivity contribution in [1.29, 1.82) is 0 Å². The number of nitrogens with zero attached hydrogens (tertiary/aromatic N) is 1. The Hall–Kier alpha value is -2.60. The highest BCUT2D eigenvalue weighted by atomic mass is 16.6. The zero-order chi connectivity index (χ0) is 20.3. The van der Waals surface area contributed by atoms with Crippen LogP contribution in [0.15, 0.2) is 34.9 Å². The van der Waals surface area contributed by atoms with Gasteiger partial charge in [0.15, 0.2) is 23.4 Å². The van der Waals surface area contributed by atoms with Crippen LogP contribution in [0.3, 0.4) is 0 Å². The van der Waals surface area contributed by atoms with E-state index in [-0.39, 0.29) is 17.0 Å². The van der Waals surface area contributed by atoms with Crippen LogP contribution < -0.4 is 9.47 Å². The molecule has 2 aliphatic carbocycles. The van der Waals surface area contributed by atoms with Crippen molar-refractivity contribution in [3.05, 3.63) is 47.4 Å². The van der Waals surface area contributed by atoms with Crippen LogP contribution in [0.5, 0.6) is 11.5 Å². The van der Waals surface area contributed by atoms with Gasteiger partial charge in [0.2, 0.25) is 5.76 Å². The molecule has 5 rings (SSSR count). The van der Waals surface area contributed by atoms with E-state index < -0.39 is 12.1 Å². The van der Waals surface area contributed by atoms with Gasteiger partial charge in [-0.2, -0.15) is 0 Å². The van der Waals surface area contributed by atoms with Gasteiger partial charge in [-0.25, -0.2) is 4.79 Å². The number of esters is 1. The van der Waals surface area contributed by atoms with Crippen molar-refractivity contribution in [1.82, 2.24) is 4.90 Å². The van der Waals surface area contributed by atoms with Gasteiger partial charge in [-0.3, -0.25) is 4.79 Å². The molecule has 1 aromatic heterocycles. The van der Waals surface area contributed by atoms with Gasteiger partial charge in [0.05, 0.1) is 6.26 Å². The Bertz CT molecular complexity index is 979. The number of hydrogen-bond acceptors (Lipinski definition) is 6. The molecule has 0 saturated heterocycles. The van der Waals surface area contributed by atoms with Crippen LogP contribution in [0.1, 0.15) is 47.9 Å². The summed E-state index contributed by atoms with van der Waals surface area (Å²) in [5.74, 6) is 0.967. The summed E-state index contributed by atoms with van der Waals surface area (Å²) in [5.41, 5.74) is 1.90. The summed E-state index contributed by atoms with van der Waals surface area (Å²) in [7, 11) is 4.22. The van der Waals surface area contributed by atoms with Gasteiger partial charge in [-0.05, 0) is 63.0 Å². The van der Waals surface area contributed by atoms with Gasteiger partial charge in [0, 0.05) is 23.4 Å². The fourth-order valence-corrected chi connectivity index (χ4v) is 5.87. The maximum atomic E-state index is 12.9. The highest BCUT2D eigenvalue weighted by Gasteiger charge is 2.63. The largest absolute Gasteiger partial charge is 0.477 e. The van der Waals surface area contributed by atoms with E-state index in [2.05, 4.69) is 25.9 Å². The van der Waals surface area contributed by atoms with Crippen molar-refractivity contribution >= 4 is 11.8 Å². The number of ether oxygens (including phenoxy) is 2. The lowest BCUT2D eigenvalue weighted by atomic mass is 9.53. The number of hydrogen-bond donors (Lipinski definition) is 0. The first kappa shape index (κ1) is 18.4. The molecule has 2 aromatic rings. The molecular formula is C23H25NO5. The molecule has 2 heterocycles. The first-order valence-corrected chi connectivity index (χ1v) is 10.2. The Morgan fingerprint density at radius 1 is 1.31 bits per heavy atom. The normalized spacial score (nSPS) is 29.5. The van der Waals surface area contributed by atoms with E-state index in [1.807, 2.05) is 6.07 Å². The molecule has 0 N–H and O–H groups in total. The fourth-order valence-electron chi connectivity index (χ4n) is 5.87. The topological polar surface area (TPSA) is 69.0 Å². The molecular weight excluding hydrogens is 370 g/mol. The van der Waals surface area contributed by atoms with E-state index in [1.165, 1.54) is 11.8 Å². The minimum absolute atomic E-state index is 0.136. The molecule has 3 aliphatic rings. The van der Waals surface area contributed by atoms with E-state index >= 15 is 0 Å². The molecule has 0 spiro atoms. The zero-order valence-corrected chi connectivity index (χ0v) is 16.9. The number of furan rings is 1. The van der Waals surface area contributed by atoms with Gasteiger partial charge in [0.1, 0.15) is 0 Å². The van der Waals surface area contributed by atoms with Crippen LogP contribution in [0, 0.1) is 5.92 Å². The van der Waals surface area contributed by atoms with Crippen LogP contribution in [-0.4, -0.2) is 42.9 Å². The zero-order valence-electron chi connectivity index (χ0n) is 16.9. The molecule has 29 heavy (non-hydrogen) atoms. The fraction of sp³-hybridized carbons (Fsp3) is 0.478. The second-order valence-corrected chi connectivity index (χ2v) is 8.53. The van der Waals surface area contributed by atoms with Crippen molar-refractivity contribution in [3.63, 3.8) is 0 Å². The highest BCUT2D eigenvalue weighted by Crippen LogP contribution is 2.61. The Morgan fingerprint density at radius 2 is 2.14 bits per heavy atom. The molecule has 0 radical (unpaired) electrons. The molecule has 0 amide bonds. The maximum absolute atomic E-state index is 12.9. The third-order valence-electron chi connectivity index (χ3n) is 7.10. The van der Waals surface area contributed by atoms with Crippen molar-refractivity contribution in [2.75, 3.05) is 14.1 Å². The van der Waals surface area contributed by atoms with E-state index in [1.54, 1.807) is 18.2 Å². The monoisotopic (exact) mass is 395 g/mol. The number of rotatable bonds is 4. The predicted molar refractivity (Wildman–Crippen MR) is 105 cm³/mol. The number of likely N-dealkylation sites (N-methyl/N-ethyl adjacent to an activating group) is 1. The Balaban J connectivity index is 1.65. The Kier molecular flexibility index (Phi) is 4.10. The third-order valence-corrected chi connectivity index (χ3v) is 7.10. The van der Waals surface area contributed by atoms with Gasteiger partial charge in [0.25, 0.3) is 0 Å². The van der Waals surface area contributed by atoms with Gasteiger partial charge in [-0.1, -0.05) is 13.0 Å². The van der Waals surface area contributed by atoms with E-state index in [9.17, 15) is 9.59 Å². The van der Waals surface area contributed by atoms with Crippen molar-refractivity contribution in [3.8, 4) is 11.5 Å². The van der Waals surface area contributed by atoms with Gasteiger partial charge in [-0.15, -0.1) is 0 Å². The summed E-state index contributed by atoms with van der Waals surface area (Å²) >= 11 is 0. The van der Waals surface area contributed by atoms with Crippen LogP contribution in [-0.2, 0) is 16.6 Å². The Labute approximate surface area is 169 Å². The van der Waals surface area contributed by atoms with Crippen LogP contribution in [0.25, 0.3) is 0 Å². The number of ketones is 1. The van der Waals surface area contributed by atoms with E-state index in [0.29, 0.717) is 29.9 Å². The quantitative estimate of drug-likeness (QED) is 0.584. The second kappa shape index (κ2) is 6.46. The lowest BCUT2D eigenvalue weighted by Crippen LogP contribution is -2.60. The molecule has 0 bridgehead atoms. The van der Waals surface area contributed by atoms with E-state index in [0.717, 1.165) is 24.8 Å². The molecule has 1 fully saturated rings. The molecule has 1 unspecified atom stereocenters. The minimum Gasteiger partial charge on any atom is -0.477 e. The summed E-state index contributed by atoms with van der Waals surface area (Å²) in [5, 5.41) is 0. The molecule has 4 atom stereocenters. The highest BCUT2D eigenvalue weighted by molar-refractivity contribution is 5.91. The average Bonchev–Trinajstić information content (AvgIpc) is 3.36. The number of carbonyl (C=O) groups excluding carboxylic acids is 2. The lowest BCUT2D eigenvalue weighted by Gasteiger charge is -2.52. The van der Waals surface area contributed by atoms with E-state index in [4.69, 9.17) is 13.9 Å². The molecule has 6 nitrogen and oxygen atoms in total. The smallest absolute Gasteiger partial charge is 0.379 e. The van der Waals surface area contributed by atoms with Crippen LogP contribution in [0.2, 0.25) is 0 Å². The number of carbonyl (C=O) groups is 2. The molecule has 1 aromatic carbocycles. The summed E-state index contributed by atoms with van der Waals surface area (Å²) < 4.78 is 17.1.